The summed E-state index contributed by atoms with van der Waals surface area (Å²) in [6.45, 7) is 19.1. The molecule has 0 unspecified atom stereocenters. The molecule has 4 bridgehead atoms. The predicted octanol–water partition coefficient (Wildman–Crippen LogP) is 5.20. The smallest absolute Gasteiger partial charge is 0.124 e. The zero-order chi connectivity index (χ0) is 31.2. The molecular formula is C36H58N6O2. The van der Waals surface area contributed by atoms with E-state index >= 15 is 0 Å². The Kier molecular flexibility index (Phi) is 11.0. The molecule has 244 valence electrons. The highest BCUT2D eigenvalue weighted by Gasteiger charge is 2.23. The highest BCUT2D eigenvalue weighted by Crippen LogP contribution is 2.33. The molecule has 44 heavy (non-hydrogen) atoms. The van der Waals surface area contributed by atoms with Gasteiger partial charge in [0.25, 0.3) is 0 Å². The molecule has 6 N–H and O–H groups in total. The van der Waals surface area contributed by atoms with E-state index < -0.39 is 0 Å². The van der Waals surface area contributed by atoms with E-state index in [2.05, 4.69) is 83.0 Å². The molecule has 3 heterocycles. The van der Waals surface area contributed by atoms with Crippen LogP contribution in [0.1, 0.15) is 88.5 Å². The van der Waals surface area contributed by atoms with E-state index in [9.17, 15) is 10.2 Å². The van der Waals surface area contributed by atoms with Crippen molar-refractivity contribution in [2.45, 2.75) is 92.4 Å². The number of anilines is 2. The number of phenolic OH excluding ortho intramolecular Hbond substituents is 2. The molecule has 0 saturated carbocycles. The topological polar surface area (TPSA) is 95.1 Å². The Labute approximate surface area is 266 Å². The van der Waals surface area contributed by atoms with Gasteiger partial charge in [0, 0.05) is 112 Å². The number of phenols is 2. The second-order valence-corrected chi connectivity index (χ2v) is 15.1. The maximum Gasteiger partial charge on any atom is 0.124 e. The van der Waals surface area contributed by atoms with Crippen LogP contribution in [0.3, 0.4) is 0 Å². The Bertz CT molecular complexity index is 1070. The molecule has 2 saturated heterocycles. The first-order valence-electron chi connectivity index (χ1n) is 17.1. The maximum absolute atomic E-state index is 11.4. The van der Waals surface area contributed by atoms with E-state index in [4.69, 9.17) is 0 Å². The van der Waals surface area contributed by atoms with Crippen molar-refractivity contribution < 1.29 is 10.2 Å². The van der Waals surface area contributed by atoms with Crippen LogP contribution in [-0.4, -0.2) is 62.6 Å². The van der Waals surface area contributed by atoms with E-state index in [1.54, 1.807) is 0 Å². The van der Waals surface area contributed by atoms with E-state index in [1.165, 1.54) is 49.9 Å². The fourth-order valence-electron chi connectivity index (χ4n) is 6.96. The van der Waals surface area contributed by atoms with Gasteiger partial charge in [-0.05, 0) is 73.6 Å². The van der Waals surface area contributed by atoms with Gasteiger partial charge in [-0.15, -0.1) is 0 Å². The van der Waals surface area contributed by atoms with Crippen molar-refractivity contribution in [3.8, 4) is 11.5 Å². The Morgan fingerprint density at radius 1 is 0.477 bits per heavy atom. The van der Waals surface area contributed by atoms with Crippen LogP contribution in [0, 0.1) is 10.8 Å². The minimum atomic E-state index is -0.0125. The molecule has 0 spiro atoms. The van der Waals surface area contributed by atoms with Gasteiger partial charge in [-0.25, -0.2) is 0 Å². The average Bonchev–Trinajstić information content (AvgIpc) is 3.00. The molecule has 0 radical (unpaired) electrons. The second kappa shape index (κ2) is 14.7. The van der Waals surface area contributed by atoms with Crippen molar-refractivity contribution in [2.75, 3.05) is 62.2 Å². The number of hydrogen-bond donors (Lipinski definition) is 6. The Hall–Kier alpha value is -2.52. The number of nitrogens with zero attached hydrogens (tertiary/aromatic N) is 2. The highest BCUT2D eigenvalue weighted by atomic mass is 16.3. The standard InChI is InChI=1S/C36H58N6O2/c1-35(2)23-37-19-27-15-31(41-11-7-5-8-12-41)17-29(33(27)43)21-39-25-36(3,4)26-40-22-30-18-32(42-13-9-6-10-14-42)16-28(34(30)44)20-38-24-35/h15-18,37-40,43-44H,5-14,19-26H2,1-4H3. The molecule has 0 aromatic heterocycles. The summed E-state index contributed by atoms with van der Waals surface area (Å²) in [6.07, 6.45) is 7.51. The molecular weight excluding hydrogens is 548 g/mol. The summed E-state index contributed by atoms with van der Waals surface area (Å²) in [6, 6.07) is 8.77. The van der Waals surface area contributed by atoms with Crippen molar-refractivity contribution >= 4 is 11.4 Å². The fourth-order valence-corrected chi connectivity index (χ4v) is 6.96. The van der Waals surface area contributed by atoms with Crippen LogP contribution in [-0.2, 0) is 26.2 Å². The van der Waals surface area contributed by atoms with Crippen molar-refractivity contribution in [1.82, 2.24) is 21.3 Å². The van der Waals surface area contributed by atoms with Crippen LogP contribution >= 0.6 is 0 Å². The van der Waals surface area contributed by atoms with Gasteiger partial charge in [-0.1, -0.05) is 27.7 Å². The third-order valence-electron chi connectivity index (χ3n) is 9.62. The predicted molar refractivity (Wildman–Crippen MR) is 183 cm³/mol. The van der Waals surface area contributed by atoms with Crippen molar-refractivity contribution in [3.63, 3.8) is 0 Å². The molecule has 3 aliphatic heterocycles. The molecule has 2 fully saturated rings. The quantitative estimate of drug-likeness (QED) is 0.278. The summed E-state index contributed by atoms with van der Waals surface area (Å²) < 4.78 is 0. The van der Waals surface area contributed by atoms with Gasteiger partial charge in [-0.2, -0.15) is 0 Å². The summed E-state index contributed by atoms with van der Waals surface area (Å²) in [5.41, 5.74) is 6.30. The van der Waals surface area contributed by atoms with Crippen molar-refractivity contribution in [1.29, 1.82) is 0 Å². The van der Waals surface area contributed by atoms with Crippen LogP contribution in [0.2, 0.25) is 0 Å². The average molecular weight is 607 g/mol. The number of aromatic hydroxyl groups is 2. The summed E-state index contributed by atoms with van der Waals surface area (Å²) in [5.74, 6) is 0.816. The molecule has 0 atom stereocenters. The molecule has 5 rings (SSSR count). The lowest BCUT2D eigenvalue weighted by Gasteiger charge is -2.31. The summed E-state index contributed by atoms with van der Waals surface area (Å²) in [4.78, 5) is 4.97. The maximum atomic E-state index is 11.4. The molecule has 8 heteroatoms. The van der Waals surface area contributed by atoms with Crippen LogP contribution in [0.5, 0.6) is 11.5 Å². The summed E-state index contributed by atoms with van der Waals surface area (Å²) in [7, 11) is 0. The first-order chi connectivity index (χ1) is 21.1. The van der Waals surface area contributed by atoms with Crippen LogP contribution in [0.15, 0.2) is 24.3 Å². The lowest BCUT2D eigenvalue weighted by atomic mass is 9.92. The third-order valence-corrected chi connectivity index (χ3v) is 9.62. The fraction of sp³-hybridized carbons (Fsp3) is 0.667. The number of rotatable bonds is 2. The minimum absolute atomic E-state index is 0.0125. The highest BCUT2D eigenvalue weighted by molar-refractivity contribution is 5.58. The van der Waals surface area contributed by atoms with Gasteiger partial charge in [0.05, 0.1) is 0 Å². The molecule has 2 aromatic rings. The first kappa shape index (κ1) is 32.9. The van der Waals surface area contributed by atoms with Crippen LogP contribution < -0.4 is 31.1 Å². The number of nitrogens with one attached hydrogen (secondary N) is 4. The van der Waals surface area contributed by atoms with Gasteiger partial charge < -0.3 is 41.3 Å². The molecule has 8 nitrogen and oxygen atoms in total. The van der Waals surface area contributed by atoms with Crippen LogP contribution in [0.25, 0.3) is 0 Å². The summed E-state index contributed by atoms with van der Waals surface area (Å²) in [5, 5.41) is 37.3. The molecule has 3 aliphatic rings. The molecule has 0 amide bonds. The van der Waals surface area contributed by atoms with Crippen LogP contribution in [0.4, 0.5) is 11.4 Å². The first-order valence-corrected chi connectivity index (χ1v) is 17.1. The van der Waals surface area contributed by atoms with E-state index in [0.717, 1.165) is 74.6 Å². The van der Waals surface area contributed by atoms with Gasteiger partial charge in [-0.3, -0.25) is 0 Å². The van der Waals surface area contributed by atoms with Gasteiger partial charge in [0.15, 0.2) is 0 Å². The number of fused-ring (bicyclic) bond motifs is 4. The van der Waals surface area contributed by atoms with E-state index in [1.807, 2.05) is 0 Å². The van der Waals surface area contributed by atoms with Gasteiger partial charge in [0.2, 0.25) is 0 Å². The summed E-state index contributed by atoms with van der Waals surface area (Å²) >= 11 is 0. The number of piperidine rings is 2. The van der Waals surface area contributed by atoms with Gasteiger partial charge in [0.1, 0.15) is 11.5 Å². The Morgan fingerprint density at radius 3 is 1.02 bits per heavy atom. The Balaban J connectivity index is 1.37. The molecule has 2 aromatic carbocycles. The van der Waals surface area contributed by atoms with E-state index in [-0.39, 0.29) is 10.8 Å². The number of hydrogen-bond acceptors (Lipinski definition) is 8. The zero-order valence-electron chi connectivity index (χ0n) is 27.8. The lowest BCUT2D eigenvalue weighted by Crippen LogP contribution is -2.38. The SMILES string of the molecule is CC1(C)CNCc2cc(N3CCCCC3)cc(c2O)CNCC(C)(C)CNCc2cc(N3CCCCC3)cc(c2O)CNC1. The number of benzene rings is 2. The normalized spacial score (nSPS) is 22.4. The second-order valence-electron chi connectivity index (χ2n) is 15.1. The van der Waals surface area contributed by atoms with Crippen molar-refractivity contribution in [3.05, 3.63) is 46.5 Å². The van der Waals surface area contributed by atoms with Gasteiger partial charge >= 0.3 is 0 Å². The molecule has 0 aliphatic carbocycles. The Morgan fingerprint density at radius 2 is 0.750 bits per heavy atom. The third kappa shape index (κ3) is 8.81. The lowest BCUT2D eigenvalue weighted by molar-refractivity contribution is 0.313. The van der Waals surface area contributed by atoms with E-state index in [0.29, 0.717) is 37.7 Å². The zero-order valence-corrected chi connectivity index (χ0v) is 27.8. The largest absolute Gasteiger partial charge is 0.507 e. The van der Waals surface area contributed by atoms with Crippen molar-refractivity contribution in [2.24, 2.45) is 10.8 Å². The minimum Gasteiger partial charge on any atom is -0.507 e. The monoisotopic (exact) mass is 606 g/mol.